The predicted octanol–water partition coefficient (Wildman–Crippen LogP) is -12.0. The first-order valence-electron chi connectivity index (χ1n) is 0. The zero-order chi connectivity index (χ0) is 0. The smallest absolute Gasteiger partial charge is 1.00 e. The predicted molar refractivity (Wildman–Crippen MR) is 0 cm³/mol. The van der Waals surface area contributed by atoms with Crippen LogP contribution in [0.4, 0.5) is 0 Å². The molecule has 0 aliphatic carbocycles. The fourth-order valence-corrected chi connectivity index (χ4v) is 0. The topological polar surface area (TPSA) is 0 Å². The zero-order valence-electron chi connectivity index (χ0n) is 2.51. The molecule has 6 heavy (non-hydrogen) atoms. The maximum atomic E-state index is 0. The molecular weight excluding hydrogens is 215 g/mol. The van der Waals surface area contributed by atoms with E-state index in [0.29, 0.717) is 0 Å². The normalized spacial score (nSPS) is 0. The van der Waals surface area contributed by atoms with Gasteiger partial charge in [0.05, 0.1) is 0 Å². The third kappa shape index (κ3) is 57.1. The van der Waals surface area contributed by atoms with Crippen LogP contribution in [0.5, 0.6) is 0 Å². The number of hydrogen-bond acceptors (Lipinski definition) is 0. The first-order valence-corrected chi connectivity index (χ1v) is 0. The standard InChI is InChI=1S/4FH.Ti.Zr/h4*1H;;/q;;;;+4;/p-4. The van der Waals surface area contributed by atoms with Crippen LogP contribution in [0.15, 0.2) is 0 Å². The molecule has 0 aromatic carbocycles. The van der Waals surface area contributed by atoms with E-state index < -0.39 is 0 Å². The molecular formula is F4TiZr. The van der Waals surface area contributed by atoms with Crippen LogP contribution in [0.2, 0.25) is 0 Å². The second kappa shape index (κ2) is 103. The Labute approximate surface area is 66.5 Å². The van der Waals surface area contributed by atoms with Gasteiger partial charge in [0.15, 0.2) is 0 Å². The van der Waals surface area contributed by atoms with Crippen molar-refractivity contribution in [2.45, 2.75) is 0 Å². The van der Waals surface area contributed by atoms with Gasteiger partial charge in [0, 0.05) is 26.2 Å². The van der Waals surface area contributed by atoms with Crippen molar-refractivity contribution in [3.63, 3.8) is 0 Å². The van der Waals surface area contributed by atoms with Gasteiger partial charge in [-0.1, -0.05) is 0 Å². The van der Waals surface area contributed by atoms with E-state index in [-0.39, 0.29) is 66.7 Å². The van der Waals surface area contributed by atoms with Gasteiger partial charge in [-0.05, 0) is 0 Å². The van der Waals surface area contributed by atoms with Crippen molar-refractivity contribution >= 4 is 0 Å². The largest absolute Gasteiger partial charge is 4.00 e. The Morgan fingerprint density at radius 1 is 0.500 bits per heavy atom. The van der Waals surface area contributed by atoms with Gasteiger partial charge in [0.25, 0.3) is 0 Å². The van der Waals surface area contributed by atoms with E-state index in [1.807, 2.05) is 0 Å². The van der Waals surface area contributed by atoms with Crippen LogP contribution in [0.25, 0.3) is 0 Å². The van der Waals surface area contributed by atoms with E-state index in [4.69, 9.17) is 0 Å². The van der Waals surface area contributed by atoms with Crippen LogP contribution in [0, 0.1) is 0 Å². The molecule has 0 aromatic heterocycles. The van der Waals surface area contributed by atoms with Crippen LogP contribution in [-0.2, 0) is 47.9 Å². The molecule has 0 unspecified atom stereocenters. The van der Waals surface area contributed by atoms with Crippen molar-refractivity contribution < 1.29 is 66.7 Å². The number of halogens is 4. The minimum atomic E-state index is 0. The molecule has 0 saturated heterocycles. The van der Waals surface area contributed by atoms with Crippen molar-refractivity contribution in [2.24, 2.45) is 0 Å². The SMILES string of the molecule is [F-].[F-].[F-].[F-].[Ti+4].[Zr]. The maximum absolute atomic E-state index is 0. The molecule has 6 heteroatoms. The average Bonchev–Trinajstić information content (AvgIpc) is 0. The minimum Gasteiger partial charge on any atom is -1.00 e. The van der Waals surface area contributed by atoms with E-state index in [0.717, 1.165) is 0 Å². The van der Waals surface area contributed by atoms with Crippen molar-refractivity contribution in [1.29, 1.82) is 0 Å². The van der Waals surface area contributed by atoms with Gasteiger partial charge in [-0.15, -0.1) is 0 Å². The Kier molecular flexibility index (Phi) is 2890. The third-order valence-corrected chi connectivity index (χ3v) is 0. The summed E-state index contributed by atoms with van der Waals surface area (Å²) in [6.45, 7) is 0. The molecule has 0 aliphatic heterocycles. The van der Waals surface area contributed by atoms with Gasteiger partial charge in [-0.3, -0.25) is 0 Å². The molecule has 0 atom stereocenters. The molecule has 0 spiro atoms. The molecule has 0 amide bonds. The summed E-state index contributed by atoms with van der Waals surface area (Å²) in [6.07, 6.45) is 0. The van der Waals surface area contributed by atoms with Crippen molar-refractivity contribution in [2.75, 3.05) is 0 Å². The van der Waals surface area contributed by atoms with Gasteiger partial charge < -0.3 is 18.8 Å². The molecule has 0 aliphatic rings. The summed E-state index contributed by atoms with van der Waals surface area (Å²) in [5, 5.41) is 0. The Morgan fingerprint density at radius 3 is 0.500 bits per heavy atom. The van der Waals surface area contributed by atoms with Crippen molar-refractivity contribution in [3.8, 4) is 0 Å². The Balaban J connectivity index is 0. The Hall–Kier alpha value is 1.32. The third-order valence-electron chi connectivity index (χ3n) is 0. The van der Waals surface area contributed by atoms with Gasteiger partial charge in [0.2, 0.25) is 0 Å². The van der Waals surface area contributed by atoms with E-state index in [2.05, 4.69) is 0 Å². The van der Waals surface area contributed by atoms with Gasteiger partial charge >= 0.3 is 21.7 Å². The van der Waals surface area contributed by atoms with Crippen LogP contribution < -0.4 is 18.8 Å². The second-order valence-electron chi connectivity index (χ2n) is 0. The van der Waals surface area contributed by atoms with E-state index in [1.54, 1.807) is 0 Å². The quantitative estimate of drug-likeness (QED) is 0.278. The molecule has 0 radical (unpaired) electrons. The van der Waals surface area contributed by atoms with E-state index >= 15 is 0 Å². The van der Waals surface area contributed by atoms with Crippen LogP contribution >= 0.6 is 0 Å². The van der Waals surface area contributed by atoms with Gasteiger partial charge in [-0.2, -0.15) is 0 Å². The minimum absolute atomic E-state index is 0. The number of hydrogen-bond donors (Lipinski definition) is 0. The molecule has 0 N–H and O–H groups in total. The Bertz CT molecular complexity index is 7.51. The molecule has 0 saturated carbocycles. The fourth-order valence-electron chi connectivity index (χ4n) is 0. The van der Waals surface area contributed by atoms with Gasteiger partial charge in [-0.25, -0.2) is 0 Å². The summed E-state index contributed by atoms with van der Waals surface area (Å²) in [6, 6.07) is 0. The molecule has 0 fully saturated rings. The summed E-state index contributed by atoms with van der Waals surface area (Å²) in [4.78, 5) is 0. The van der Waals surface area contributed by atoms with E-state index in [9.17, 15) is 0 Å². The first kappa shape index (κ1) is 168. The fraction of sp³-hybridized carbons (Fsp3) is 0. The second-order valence-corrected chi connectivity index (χ2v) is 0. The van der Waals surface area contributed by atoms with Crippen molar-refractivity contribution in [3.05, 3.63) is 0 Å². The summed E-state index contributed by atoms with van der Waals surface area (Å²) >= 11 is 0. The number of rotatable bonds is 0. The average molecular weight is 215 g/mol. The summed E-state index contributed by atoms with van der Waals surface area (Å²) in [5.41, 5.74) is 0. The maximum Gasteiger partial charge on any atom is 4.00 e. The first-order chi connectivity index (χ1) is 0. The molecule has 36 valence electrons. The van der Waals surface area contributed by atoms with Crippen LogP contribution in [0.3, 0.4) is 0 Å². The van der Waals surface area contributed by atoms with E-state index in [1.165, 1.54) is 0 Å². The summed E-state index contributed by atoms with van der Waals surface area (Å²) < 4.78 is 0. The summed E-state index contributed by atoms with van der Waals surface area (Å²) in [5.74, 6) is 0. The molecule has 0 nitrogen and oxygen atoms in total. The molecule has 0 rings (SSSR count). The summed E-state index contributed by atoms with van der Waals surface area (Å²) in [7, 11) is 0. The van der Waals surface area contributed by atoms with Crippen LogP contribution in [-0.4, -0.2) is 0 Å². The Morgan fingerprint density at radius 2 is 0.500 bits per heavy atom. The molecule has 0 aromatic rings. The molecule has 0 heterocycles. The van der Waals surface area contributed by atoms with Gasteiger partial charge in [0.1, 0.15) is 0 Å². The monoisotopic (exact) mass is 214 g/mol. The molecule has 0 bridgehead atoms. The van der Waals surface area contributed by atoms with Crippen LogP contribution in [0.1, 0.15) is 0 Å². The van der Waals surface area contributed by atoms with Crippen molar-refractivity contribution in [1.82, 2.24) is 0 Å². The zero-order valence-corrected chi connectivity index (χ0v) is 6.53.